The molecule has 0 saturated heterocycles. The molecule has 0 aliphatic carbocycles. The third kappa shape index (κ3) is 3.52. The summed E-state index contributed by atoms with van der Waals surface area (Å²) in [6, 6.07) is 7.77. The van der Waals surface area contributed by atoms with Crippen molar-refractivity contribution in [2.24, 2.45) is 5.16 Å². The van der Waals surface area contributed by atoms with Crippen LogP contribution in [0.5, 0.6) is 5.75 Å². The van der Waals surface area contributed by atoms with Crippen molar-refractivity contribution < 1.29 is 9.57 Å². The van der Waals surface area contributed by atoms with Crippen LogP contribution < -0.4 is 9.57 Å². The largest absolute Gasteiger partial charge is 0.489 e. The zero-order valence-electron chi connectivity index (χ0n) is 11.8. The number of para-hydroxylation sites is 1. The molecule has 0 spiro atoms. The van der Waals surface area contributed by atoms with Gasteiger partial charge >= 0.3 is 0 Å². The van der Waals surface area contributed by atoms with E-state index in [0.717, 1.165) is 22.6 Å². The number of aromatic nitrogens is 2. The summed E-state index contributed by atoms with van der Waals surface area (Å²) in [6.45, 7) is 0.927. The van der Waals surface area contributed by atoms with Gasteiger partial charge in [-0.25, -0.2) is 14.8 Å². The summed E-state index contributed by atoms with van der Waals surface area (Å²) in [5.41, 5.74) is 2.74. The van der Waals surface area contributed by atoms with Gasteiger partial charge in [-0.3, -0.25) is 0 Å². The highest BCUT2D eigenvalue weighted by Crippen LogP contribution is 2.29. The summed E-state index contributed by atoms with van der Waals surface area (Å²) in [5, 5.41) is 3.97. The Labute approximate surface area is 133 Å². The molecular formula is C15H15ClN4O2. The molecule has 1 aromatic heterocycles. The number of halogens is 1. The summed E-state index contributed by atoms with van der Waals surface area (Å²) in [4.78, 5) is 15.9. The van der Waals surface area contributed by atoms with Crippen LogP contribution in [0.4, 0.5) is 0 Å². The molecule has 1 aliphatic rings. The zero-order valence-corrected chi connectivity index (χ0v) is 12.5. The minimum atomic E-state index is -0.0971. The number of nitrogens with one attached hydrogen (secondary N) is 1. The summed E-state index contributed by atoms with van der Waals surface area (Å²) in [7, 11) is 0. The van der Waals surface area contributed by atoms with Crippen LogP contribution in [-0.2, 0) is 4.84 Å². The Morgan fingerprint density at radius 1 is 1.27 bits per heavy atom. The zero-order chi connectivity index (χ0) is 15.2. The fourth-order valence-corrected chi connectivity index (χ4v) is 2.36. The van der Waals surface area contributed by atoms with Crippen LogP contribution in [0.3, 0.4) is 0 Å². The quantitative estimate of drug-likeness (QED) is 0.828. The smallest absolute Gasteiger partial charge is 0.166 e. The molecule has 0 fully saturated rings. The van der Waals surface area contributed by atoms with Crippen molar-refractivity contribution in [3.8, 4) is 16.9 Å². The van der Waals surface area contributed by atoms with E-state index in [0.29, 0.717) is 19.6 Å². The number of hydrogen-bond donors (Lipinski definition) is 1. The molecule has 1 aromatic carbocycles. The second-order valence-corrected chi connectivity index (χ2v) is 5.10. The van der Waals surface area contributed by atoms with Crippen LogP contribution in [0.1, 0.15) is 6.42 Å². The molecular weight excluding hydrogens is 304 g/mol. The van der Waals surface area contributed by atoms with E-state index in [9.17, 15) is 0 Å². The molecule has 22 heavy (non-hydrogen) atoms. The van der Waals surface area contributed by atoms with Gasteiger partial charge in [-0.15, -0.1) is 0 Å². The van der Waals surface area contributed by atoms with Crippen LogP contribution in [-0.4, -0.2) is 34.9 Å². The molecule has 7 heteroatoms. The van der Waals surface area contributed by atoms with Crippen LogP contribution in [0, 0.1) is 0 Å². The molecule has 0 radical (unpaired) electrons. The molecule has 0 saturated carbocycles. The van der Waals surface area contributed by atoms with E-state index in [-0.39, 0.29) is 6.10 Å². The molecule has 0 bridgehead atoms. The molecule has 114 valence electrons. The SMILES string of the molecule is ClNCC1=NOC(COc2ccccc2-c2cncnc2)C1. The molecule has 0 amide bonds. The second-order valence-electron chi connectivity index (χ2n) is 4.83. The summed E-state index contributed by atoms with van der Waals surface area (Å²) < 4.78 is 5.89. The molecule has 3 rings (SSSR count). The van der Waals surface area contributed by atoms with E-state index in [1.54, 1.807) is 12.4 Å². The predicted molar refractivity (Wildman–Crippen MR) is 83.7 cm³/mol. The Balaban J connectivity index is 1.65. The number of hydrogen-bond acceptors (Lipinski definition) is 6. The normalized spacial score (nSPS) is 17.0. The van der Waals surface area contributed by atoms with Gasteiger partial charge in [-0.2, -0.15) is 0 Å². The van der Waals surface area contributed by atoms with E-state index >= 15 is 0 Å². The molecule has 1 aliphatic heterocycles. The highest BCUT2D eigenvalue weighted by Gasteiger charge is 2.21. The standard InChI is InChI=1S/C15H15ClN4O2/c16-19-8-12-5-13(22-20-12)9-21-15-4-2-1-3-14(15)11-6-17-10-18-7-11/h1-4,6-7,10,13,19H,5,8-9H2. The van der Waals surface area contributed by atoms with Gasteiger partial charge in [0.1, 0.15) is 18.7 Å². The van der Waals surface area contributed by atoms with Gasteiger partial charge < -0.3 is 9.57 Å². The summed E-state index contributed by atoms with van der Waals surface area (Å²) in [6.07, 6.45) is 5.63. The van der Waals surface area contributed by atoms with Gasteiger partial charge in [0.15, 0.2) is 6.10 Å². The first-order valence-corrected chi connectivity index (χ1v) is 7.27. The Morgan fingerprint density at radius 3 is 2.91 bits per heavy atom. The average Bonchev–Trinajstić information content (AvgIpc) is 3.02. The van der Waals surface area contributed by atoms with Crippen molar-refractivity contribution >= 4 is 17.5 Å². The average molecular weight is 319 g/mol. The van der Waals surface area contributed by atoms with Crippen molar-refractivity contribution in [2.75, 3.05) is 13.2 Å². The van der Waals surface area contributed by atoms with Gasteiger partial charge in [0.2, 0.25) is 0 Å². The second kappa shape index (κ2) is 7.20. The maximum Gasteiger partial charge on any atom is 0.166 e. The van der Waals surface area contributed by atoms with Crippen molar-refractivity contribution in [3.63, 3.8) is 0 Å². The molecule has 6 nitrogen and oxygen atoms in total. The van der Waals surface area contributed by atoms with E-state index in [2.05, 4.69) is 20.0 Å². The van der Waals surface area contributed by atoms with Gasteiger partial charge in [-0.05, 0) is 17.8 Å². The summed E-state index contributed by atoms with van der Waals surface area (Å²) >= 11 is 5.46. The lowest BCUT2D eigenvalue weighted by molar-refractivity contribution is 0.0472. The van der Waals surface area contributed by atoms with E-state index in [4.69, 9.17) is 21.4 Å². The van der Waals surface area contributed by atoms with Gasteiger partial charge in [-0.1, -0.05) is 23.4 Å². The minimum Gasteiger partial charge on any atom is -0.489 e. The fourth-order valence-electron chi connectivity index (χ4n) is 2.21. The minimum absolute atomic E-state index is 0.0971. The summed E-state index contributed by atoms with van der Waals surface area (Å²) in [5.74, 6) is 0.768. The van der Waals surface area contributed by atoms with Crippen LogP contribution >= 0.6 is 11.8 Å². The number of oxime groups is 1. The van der Waals surface area contributed by atoms with Crippen molar-refractivity contribution in [3.05, 3.63) is 43.0 Å². The highest BCUT2D eigenvalue weighted by molar-refractivity contribution is 6.14. The Kier molecular flexibility index (Phi) is 4.82. The van der Waals surface area contributed by atoms with Gasteiger partial charge in [0.05, 0.1) is 12.3 Å². The van der Waals surface area contributed by atoms with Crippen molar-refractivity contribution in [1.82, 2.24) is 14.8 Å². The Hall–Kier alpha value is -2.18. The molecule has 1 unspecified atom stereocenters. The lowest BCUT2D eigenvalue weighted by Crippen LogP contribution is -2.21. The highest BCUT2D eigenvalue weighted by atomic mass is 35.5. The lowest BCUT2D eigenvalue weighted by Gasteiger charge is -2.13. The van der Waals surface area contributed by atoms with Crippen LogP contribution in [0.25, 0.3) is 11.1 Å². The van der Waals surface area contributed by atoms with E-state index in [1.807, 2.05) is 24.3 Å². The predicted octanol–water partition coefficient (Wildman–Crippen LogP) is 2.41. The van der Waals surface area contributed by atoms with Crippen LogP contribution in [0.2, 0.25) is 0 Å². The number of ether oxygens (including phenoxy) is 1. The molecule has 2 aromatic rings. The first-order valence-electron chi connectivity index (χ1n) is 6.89. The maximum absolute atomic E-state index is 5.89. The van der Waals surface area contributed by atoms with Crippen molar-refractivity contribution in [1.29, 1.82) is 0 Å². The van der Waals surface area contributed by atoms with Gasteiger partial charge in [0.25, 0.3) is 0 Å². The molecule has 1 N–H and O–H groups in total. The molecule has 2 heterocycles. The topological polar surface area (TPSA) is 68.6 Å². The number of nitrogens with zero attached hydrogens (tertiary/aromatic N) is 3. The Morgan fingerprint density at radius 2 is 2.09 bits per heavy atom. The van der Waals surface area contributed by atoms with Gasteiger partial charge in [0, 0.05) is 29.9 Å². The van der Waals surface area contributed by atoms with Crippen LogP contribution in [0.15, 0.2) is 48.1 Å². The van der Waals surface area contributed by atoms with Crippen molar-refractivity contribution in [2.45, 2.75) is 12.5 Å². The fraction of sp³-hybridized carbons (Fsp3) is 0.267. The van der Waals surface area contributed by atoms with E-state index < -0.39 is 0 Å². The van der Waals surface area contributed by atoms with E-state index in [1.165, 1.54) is 6.33 Å². The maximum atomic E-state index is 5.89. The number of rotatable bonds is 6. The monoisotopic (exact) mass is 318 g/mol. The first-order chi connectivity index (χ1) is 10.9. The Bertz CT molecular complexity index is 651. The third-order valence-electron chi connectivity index (χ3n) is 3.25. The lowest BCUT2D eigenvalue weighted by atomic mass is 10.1. The first kappa shape index (κ1) is 14.7. The third-order valence-corrected chi connectivity index (χ3v) is 3.38. The number of benzene rings is 1. The molecule has 1 atom stereocenters.